The first-order valence-corrected chi connectivity index (χ1v) is 6.80. The summed E-state index contributed by atoms with van der Waals surface area (Å²) >= 11 is 0. The topological polar surface area (TPSA) is 77.2 Å². The summed E-state index contributed by atoms with van der Waals surface area (Å²) in [7, 11) is 0. The molecular weight excluding hydrogens is 254 g/mol. The highest BCUT2D eigenvalue weighted by atomic mass is 16.4. The SMILES string of the molecule is CCC1(C(=O)O)CCN(c2nc(C)cc(C)c2C#N)C1. The Balaban J connectivity index is 2.41. The highest BCUT2D eigenvalue weighted by Crippen LogP contribution is 2.37. The molecule has 0 aliphatic carbocycles. The van der Waals surface area contributed by atoms with Crippen molar-refractivity contribution in [2.75, 3.05) is 18.0 Å². The lowest BCUT2D eigenvalue weighted by atomic mass is 9.84. The molecule has 1 aromatic rings. The Morgan fingerprint density at radius 2 is 2.30 bits per heavy atom. The van der Waals surface area contributed by atoms with Crippen LogP contribution in [-0.2, 0) is 4.79 Å². The molecule has 0 aromatic carbocycles. The fourth-order valence-electron chi connectivity index (χ4n) is 2.85. The van der Waals surface area contributed by atoms with Crippen molar-refractivity contribution < 1.29 is 9.90 Å². The van der Waals surface area contributed by atoms with Crippen LogP contribution in [0.3, 0.4) is 0 Å². The summed E-state index contributed by atoms with van der Waals surface area (Å²) in [4.78, 5) is 17.9. The number of rotatable bonds is 3. The van der Waals surface area contributed by atoms with Gasteiger partial charge >= 0.3 is 5.97 Å². The number of pyridine rings is 1. The molecule has 0 saturated carbocycles. The van der Waals surface area contributed by atoms with E-state index in [0.717, 1.165) is 11.3 Å². The van der Waals surface area contributed by atoms with Gasteiger partial charge in [-0.15, -0.1) is 0 Å². The molecule has 2 rings (SSSR count). The van der Waals surface area contributed by atoms with Gasteiger partial charge in [-0.1, -0.05) is 6.92 Å². The standard InChI is InChI=1S/C15H19N3O2/c1-4-15(14(19)20)5-6-18(9-15)13-12(8-16)10(2)7-11(3)17-13/h7H,4-6,9H2,1-3H3,(H,19,20). The van der Waals surface area contributed by atoms with Crippen LogP contribution in [-0.4, -0.2) is 29.1 Å². The first-order chi connectivity index (χ1) is 9.43. The fourth-order valence-corrected chi connectivity index (χ4v) is 2.85. The molecule has 106 valence electrons. The molecule has 0 radical (unpaired) electrons. The minimum atomic E-state index is -0.759. The lowest BCUT2D eigenvalue weighted by Gasteiger charge is -2.24. The van der Waals surface area contributed by atoms with E-state index in [1.807, 2.05) is 31.7 Å². The van der Waals surface area contributed by atoms with Crippen molar-refractivity contribution in [3.63, 3.8) is 0 Å². The molecule has 2 heterocycles. The van der Waals surface area contributed by atoms with Gasteiger partial charge in [-0.3, -0.25) is 4.79 Å². The number of hydrogen-bond donors (Lipinski definition) is 1. The van der Waals surface area contributed by atoms with Crippen LogP contribution < -0.4 is 4.90 Å². The summed E-state index contributed by atoms with van der Waals surface area (Å²) in [5.74, 6) is -0.132. The average molecular weight is 273 g/mol. The second-order valence-electron chi connectivity index (χ2n) is 5.50. The van der Waals surface area contributed by atoms with E-state index in [1.165, 1.54) is 0 Å². The summed E-state index contributed by atoms with van der Waals surface area (Å²) in [5.41, 5.74) is 1.57. The minimum Gasteiger partial charge on any atom is -0.481 e. The Bertz CT molecular complexity index is 592. The molecule has 1 aliphatic rings. The first-order valence-electron chi connectivity index (χ1n) is 6.80. The molecule has 20 heavy (non-hydrogen) atoms. The van der Waals surface area contributed by atoms with Crippen molar-refractivity contribution in [3.05, 3.63) is 22.9 Å². The van der Waals surface area contributed by atoms with E-state index in [1.54, 1.807) is 0 Å². The van der Waals surface area contributed by atoms with E-state index >= 15 is 0 Å². The third-order valence-electron chi connectivity index (χ3n) is 4.22. The summed E-state index contributed by atoms with van der Waals surface area (Å²) in [6.45, 7) is 6.72. The maximum atomic E-state index is 11.5. The molecule has 1 atom stereocenters. The Hall–Kier alpha value is -2.09. The van der Waals surface area contributed by atoms with Gasteiger partial charge in [0.1, 0.15) is 11.9 Å². The van der Waals surface area contributed by atoms with Gasteiger partial charge in [0.25, 0.3) is 0 Å². The maximum Gasteiger partial charge on any atom is 0.311 e. The summed E-state index contributed by atoms with van der Waals surface area (Å²) in [5, 5.41) is 18.8. The van der Waals surface area contributed by atoms with Crippen molar-refractivity contribution in [2.24, 2.45) is 5.41 Å². The Kier molecular flexibility index (Phi) is 3.67. The highest BCUT2D eigenvalue weighted by molar-refractivity contribution is 5.77. The summed E-state index contributed by atoms with van der Waals surface area (Å²) in [6.07, 6.45) is 1.18. The lowest BCUT2D eigenvalue weighted by molar-refractivity contribution is -0.147. The van der Waals surface area contributed by atoms with E-state index in [2.05, 4.69) is 11.1 Å². The number of hydrogen-bond acceptors (Lipinski definition) is 4. The molecule has 1 unspecified atom stereocenters. The molecule has 5 nitrogen and oxygen atoms in total. The van der Waals surface area contributed by atoms with E-state index in [4.69, 9.17) is 0 Å². The normalized spacial score (nSPS) is 21.8. The van der Waals surface area contributed by atoms with E-state index in [0.29, 0.717) is 37.3 Å². The molecular formula is C15H19N3O2. The van der Waals surface area contributed by atoms with Crippen LogP contribution in [0.2, 0.25) is 0 Å². The molecule has 0 bridgehead atoms. The van der Waals surface area contributed by atoms with Gasteiger partial charge in [-0.05, 0) is 38.3 Å². The van der Waals surface area contributed by atoms with Crippen LogP contribution in [0.1, 0.15) is 36.6 Å². The van der Waals surface area contributed by atoms with Gasteiger partial charge in [0.05, 0.1) is 11.0 Å². The average Bonchev–Trinajstić information content (AvgIpc) is 2.83. The monoisotopic (exact) mass is 273 g/mol. The lowest BCUT2D eigenvalue weighted by Crippen LogP contribution is -2.34. The second-order valence-corrected chi connectivity index (χ2v) is 5.50. The number of anilines is 1. The quantitative estimate of drug-likeness (QED) is 0.914. The van der Waals surface area contributed by atoms with Crippen LogP contribution in [0.5, 0.6) is 0 Å². The van der Waals surface area contributed by atoms with Gasteiger partial charge < -0.3 is 10.0 Å². The second kappa shape index (κ2) is 5.12. The number of carbonyl (C=O) groups is 1. The van der Waals surface area contributed by atoms with Crippen molar-refractivity contribution >= 4 is 11.8 Å². The highest BCUT2D eigenvalue weighted by Gasteiger charge is 2.44. The molecule has 0 spiro atoms. The van der Waals surface area contributed by atoms with Gasteiger partial charge in [0.15, 0.2) is 0 Å². The zero-order chi connectivity index (χ0) is 14.9. The zero-order valence-electron chi connectivity index (χ0n) is 12.1. The number of aromatic nitrogens is 1. The van der Waals surface area contributed by atoms with Crippen molar-refractivity contribution in [2.45, 2.75) is 33.6 Å². The number of nitriles is 1. The molecule has 1 aliphatic heterocycles. The number of nitrogens with zero attached hydrogens (tertiary/aromatic N) is 3. The van der Waals surface area contributed by atoms with Crippen molar-refractivity contribution in [1.82, 2.24) is 4.98 Å². The van der Waals surface area contributed by atoms with E-state index < -0.39 is 11.4 Å². The van der Waals surface area contributed by atoms with E-state index in [9.17, 15) is 15.2 Å². The van der Waals surface area contributed by atoms with Gasteiger partial charge in [0, 0.05) is 18.8 Å². The minimum absolute atomic E-state index is 0.420. The Labute approximate surface area is 118 Å². The molecule has 0 amide bonds. The maximum absolute atomic E-state index is 11.5. The Morgan fingerprint density at radius 3 is 2.80 bits per heavy atom. The van der Waals surface area contributed by atoms with Crippen LogP contribution in [0.25, 0.3) is 0 Å². The number of carboxylic acids is 1. The van der Waals surface area contributed by atoms with Crippen molar-refractivity contribution in [3.8, 4) is 6.07 Å². The fraction of sp³-hybridized carbons (Fsp3) is 0.533. The van der Waals surface area contributed by atoms with Crippen molar-refractivity contribution in [1.29, 1.82) is 5.26 Å². The summed E-state index contributed by atoms with van der Waals surface area (Å²) < 4.78 is 0. The van der Waals surface area contributed by atoms with Gasteiger partial charge in [0.2, 0.25) is 0 Å². The third-order valence-corrected chi connectivity index (χ3v) is 4.22. The zero-order valence-corrected chi connectivity index (χ0v) is 12.1. The predicted octanol–water partition coefficient (Wildman–Crippen LogP) is 2.26. The molecule has 1 fully saturated rings. The van der Waals surface area contributed by atoms with Crippen LogP contribution >= 0.6 is 0 Å². The smallest absolute Gasteiger partial charge is 0.311 e. The molecule has 1 aromatic heterocycles. The molecule has 1 N–H and O–H groups in total. The molecule has 1 saturated heterocycles. The van der Waals surface area contributed by atoms with Crippen LogP contribution in [0.15, 0.2) is 6.07 Å². The third kappa shape index (κ3) is 2.22. The predicted molar refractivity (Wildman–Crippen MR) is 75.6 cm³/mol. The summed E-state index contributed by atoms with van der Waals surface area (Å²) in [6, 6.07) is 4.07. The largest absolute Gasteiger partial charge is 0.481 e. The molecule has 5 heteroatoms. The number of aliphatic carboxylic acids is 1. The van der Waals surface area contributed by atoms with Gasteiger partial charge in [-0.25, -0.2) is 4.98 Å². The van der Waals surface area contributed by atoms with E-state index in [-0.39, 0.29) is 0 Å². The van der Waals surface area contributed by atoms with Crippen LogP contribution in [0.4, 0.5) is 5.82 Å². The van der Waals surface area contributed by atoms with Crippen LogP contribution in [0, 0.1) is 30.6 Å². The number of aryl methyl sites for hydroxylation is 2. The number of carboxylic acid groups (broad SMARTS) is 1. The first kappa shape index (κ1) is 14.3. The Morgan fingerprint density at radius 1 is 1.60 bits per heavy atom. The van der Waals surface area contributed by atoms with Gasteiger partial charge in [-0.2, -0.15) is 5.26 Å².